The Morgan fingerprint density at radius 3 is 2.93 bits per heavy atom. The Hall–Kier alpha value is -1.63. The van der Waals surface area contributed by atoms with E-state index >= 15 is 0 Å². The van der Waals surface area contributed by atoms with Gasteiger partial charge in [-0.25, -0.2) is 4.79 Å². The summed E-state index contributed by atoms with van der Waals surface area (Å²) in [7, 11) is 1.34. The minimum atomic E-state index is -0.576. The molecule has 1 rings (SSSR count). The van der Waals surface area contributed by atoms with Crippen LogP contribution >= 0.6 is 11.3 Å². The quantitative estimate of drug-likeness (QED) is 0.447. The second kappa shape index (κ2) is 5.30. The maximum atomic E-state index is 11.4. The molecule has 15 heavy (non-hydrogen) atoms. The molecule has 0 saturated carbocycles. The fraction of sp³-hybridized carbons (Fsp3) is 0.375. The van der Waals surface area contributed by atoms with Crippen molar-refractivity contribution in [2.24, 2.45) is 5.16 Å². The molecule has 0 aliphatic rings. The summed E-state index contributed by atoms with van der Waals surface area (Å²) < 4.78 is 4.79. The summed E-state index contributed by atoms with van der Waals surface area (Å²) in [5.74, 6) is -0.576. The van der Waals surface area contributed by atoms with Gasteiger partial charge in [-0.05, 0) is 6.92 Å². The number of ether oxygens (including phenoxy) is 1. The largest absolute Gasteiger partial charge is 0.461 e. The number of carbonyl (C=O) groups is 1. The third-order valence-corrected chi connectivity index (χ3v) is 2.14. The topological polar surface area (TPSA) is 87.5 Å². The zero-order valence-corrected chi connectivity index (χ0v) is 9.18. The van der Waals surface area contributed by atoms with E-state index in [4.69, 9.17) is 10.1 Å². The van der Waals surface area contributed by atoms with Gasteiger partial charge in [0.25, 0.3) is 0 Å². The van der Waals surface area contributed by atoms with Gasteiger partial charge in [0.2, 0.25) is 5.71 Å². The molecule has 7 heteroatoms. The number of aromatic nitrogens is 1. The predicted octanol–water partition coefficient (Wildman–Crippen LogP) is 0.469. The van der Waals surface area contributed by atoms with Crippen LogP contribution in [0.1, 0.15) is 12.6 Å². The molecule has 0 bridgehead atoms. The van der Waals surface area contributed by atoms with Crippen molar-refractivity contribution in [2.45, 2.75) is 6.92 Å². The Kier molecular flexibility index (Phi) is 4.04. The van der Waals surface area contributed by atoms with E-state index < -0.39 is 5.97 Å². The fourth-order valence-corrected chi connectivity index (χ4v) is 1.48. The standard InChI is InChI=1S/C8H11N3O3S/c1-3-14-7(12)6(11-13-2)5-4-15-8(9)10-5/h4H,3H2,1-2H3,(H2,9,10)/b11-6+. The van der Waals surface area contributed by atoms with Crippen molar-refractivity contribution < 1.29 is 14.4 Å². The minimum Gasteiger partial charge on any atom is -0.461 e. The zero-order valence-electron chi connectivity index (χ0n) is 8.36. The molecule has 0 atom stereocenters. The summed E-state index contributed by atoms with van der Waals surface area (Å²) in [6, 6.07) is 0. The number of rotatable bonds is 4. The van der Waals surface area contributed by atoms with E-state index in [1.807, 2.05) is 0 Å². The maximum Gasteiger partial charge on any atom is 0.362 e. The van der Waals surface area contributed by atoms with E-state index in [-0.39, 0.29) is 17.1 Å². The monoisotopic (exact) mass is 229 g/mol. The fourth-order valence-electron chi connectivity index (χ4n) is 0.901. The van der Waals surface area contributed by atoms with E-state index in [1.165, 1.54) is 7.11 Å². The Balaban J connectivity index is 2.98. The Morgan fingerprint density at radius 1 is 1.73 bits per heavy atom. The van der Waals surface area contributed by atoms with Crippen LogP contribution in [0.25, 0.3) is 0 Å². The molecule has 0 radical (unpaired) electrons. The van der Waals surface area contributed by atoms with Gasteiger partial charge in [-0.3, -0.25) is 5.41 Å². The highest BCUT2D eigenvalue weighted by molar-refractivity contribution is 7.07. The average molecular weight is 229 g/mol. The van der Waals surface area contributed by atoms with Crippen LogP contribution in [0, 0.1) is 5.41 Å². The first-order chi connectivity index (χ1) is 7.19. The molecule has 1 aromatic heterocycles. The van der Waals surface area contributed by atoms with Gasteiger partial charge in [0.1, 0.15) is 7.11 Å². The van der Waals surface area contributed by atoms with Crippen LogP contribution < -0.4 is 4.80 Å². The molecule has 0 amide bonds. The highest BCUT2D eigenvalue weighted by Crippen LogP contribution is 2.01. The lowest BCUT2D eigenvalue weighted by Crippen LogP contribution is -2.20. The highest BCUT2D eigenvalue weighted by atomic mass is 32.1. The summed E-state index contributed by atoms with van der Waals surface area (Å²) in [6.07, 6.45) is 0. The van der Waals surface area contributed by atoms with Crippen LogP contribution in [0.5, 0.6) is 0 Å². The van der Waals surface area contributed by atoms with Crippen LogP contribution in [0.2, 0.25) is 0 Å². The van der Waals surface area contributed by atoms with Crippen molar-refractivity contribution in [1.29, 1.82) is 5.41 Å². The van der Waals surface area contributed by atoms with Crippen molar-refractivity contribution in [1.82, 2.24) is 4.98 Å². The second-order valence-corrected chi connectivity index (χ2v) is 3.33. The molecule has 0 spiro atoms. The van der Waals surface area contributed by atoms with Crippen molar-refractivity contribution in [3.8, 4) is 0 Å². The van der Waals surface area contributed by atoms with E-state index in [0.29, 0.717) is 5.69 Å². The van der Waals surface area contributed by atoms with Gasteiger partial charge in [0.15, 0.2) is 4.80 Å². The summed E-state index contributed by atoms with van der Waals surface area (Å²) in [6.45, 7) is 1.97. The van der Waals surface area contributed by atoms with Crippen LogP contribution in [0.3, 0.4) is 0 Å². The van der Waals surface area contributed by atoms with E-state index in [9.17, 15) is 4.79 Å². The molecular weight excluding hydrogens is 218 g/mol. The molecule has 1 aromatic rings. The number of carbonyl (C=O) groups excluding carboxylic acids is 1. The summed E-state index contributed by atoms with van der Waals surface area (Å²) in [4.78, 5) is 18.9. The number of hydrogen-bond acceptors (Lipinski definition) is 6. The molecule has 82 valence electrons. The first kappa shape index (κ1) is 11.4. The molecule has 0 fully saturated rings. The van der Waals surface area contributed by atoms with Gasteiger partial charge in [-0.15, -0.1) is 11.3 Å². The van der Waals surface area contributed by atoms with Crippen LogP contribution in [-0.2, 0) is 14.4 Å². The van der Waals surface area contributed by atoms with Crippen LogP contribution in [0.15, 0.2) is 10.5 Å². The van der Waals surface area contributed by atoms with Gasteiger partial charge >= 0.3 is 5.97 Å². The Morgan fingerprint density at radius 2 is 2.47 bits per heavy atom. The zero-order chi connectivity index (χ0) is 11.3. The van der Waals surface area contributed by atoms with Crippen LogP contribution in [0.4, 0.5) is 0 Å². The average Bonchev–Trinajstić information content (AvgIpc) is 2.61. The molecule has 6 nitrogen and oxygen atoms in total. The molecule has 0 unspecified atom stereocenters. The van der Waals surface area contributed by atoms with Gasteiger partial charge in [-0.1, -0.05) is 5.16 Å². The predicted molar refractivity (Wildman–Crippen MR) is 54.7 cm³/mol. The SMILES string of the molecule is CCOC(=O)/C(=N/OC)c1csc(=N)[nH]1. The molecule has 1 heterocycles. The maximum absolute atomic E-state index is 11.4. The van der Waals surface area contributed by atoms with Crippen molar-refractivity contribution >= 4 is 23.0 Å². The van der Waals surface area contributed by atoms with Gasteiger partial charge in [0, 0.05) is 5.38 Å². The minimum absolute atomic E-state index is 0.0362. The first-order valence-corrected chi connectivity index (χ1v) is 5.08. The third kappa shape index (κ3) is 2.91. The molecule has 0 saturated heterocycles. The number of nitrogens with zero attached hydrogens (tertiary/aromatic N) is 1. The number of hydrogen-bond donors (Lipinski definition) is 2. The van der Waals surface area contributed by atoms with Crippen molar-refractivity contribution in [3.05, 3.63) is 15.9 Å². The first-order valence-electron chi connectivity index (χ1n) is 4.20. The lowest BCUT2D eigenvalue weighted by atomic mass is 10.3. The second-order valence-electron chi connectivity index (χ2n) is 2.45. The number of H-pyrrole nitrogens is 1. The van der Waals surface area contributed by atoms with Gasteiger partial charge < -0.3 is 14.6 Å². The number of oxime groups is 1. The van der Waals surface area contributed by atoms with Gasteiger partial charge in [0.05, 0.1) is 12.3 Å². The third-order valence-electron chi connectivity index (χ3n) is 1.45. The summed E-state index contributed by atoms with van der Waals surface area (Å²) in [5.41, 5.74) is 0.458. The van der Waals surface area contributed by atoms with E-state index in [0.717, 1.165) is 11.3 Å². The van der Waals surface area contributed by atoms with Crippen LogP contribution in [-0.4, -0.2) is 30.4 Å². The highest BCUT2D eigenvalue weighted by Gasteiger charge is 2.17. The Labute approximate surface area is 90.0 Å². The number of esters is 1. The number of nitrogens with one attached hydrogen (secondary N) is 2. The van der Waals surface area contributed by atoms with Gasteiger partial charge in [-0.2, -0.15) is 0 Å². The molecular formula is C8H11N3O3S. The molecule has 2 N–H and O–H groups in total. The Bertz CT molecular complexity index is 421. The van der Waals surface area contributed by atoms with E-state index in [2.05, 4.69) is 15.0 Å². The van der Waals surface area contributed by atoms with Crippen molar-refractivity contribution in [3.63, 3.8) is 0 Å². The molecule has 0 aliphatic carbocycles. The molecule has 0 aliphatic heterocycles. The lowest BCUT2D eigenvalue weighted by molar-refractivity contribution is -0.135. The summed E-state index contributed by atoms with van der Waals surface area (Å²) >= 11 is 1.16. The van der Waals surface area contributed by atoms with E-state index in [1.54, 1.807) is 12.3 Å². The normalized spacial score (nSPS) is 11.2. The number of aromatic amines is 1. The number of thiazole rings is 1. The lowest BCUT2D eigenvalue weighted by Gasteiger charge is -2.02. The van der Waals surface area contributed by atoms with Crippen molar-refractivity contribution in [2.75, 3.05) is 13.7 Å². The smallest absolute Gasteiger partial charge is 0.362 e. The molecule has 0 aromatic carbocycles. The summed E-state index contributed by atoms with van der Waals surface area (Å²) in [5, 5.41) is 12.5.